The number of hydrogen-bond donors (Lipinski definition) is 2. The number of ether oxygens (including phenoxy) is 1. The molecule has 1 aliphatic rings. The van der Waals surface area contributed by atoms with Gasteiger partial charge in [-0.05, 0) is 18.6 Å². The Labute approximate surface area is 143 Å². The van der Waals surface area contributed by atoms with E-state index in [1.165, 1.54) is 0 Å². The summed E-state index contributed by atoms with van der Waals surface area (Å²) in [5.41, 5.74) is 0.706. The van der Waals surface area contributed by atoms with Crippen LogP contribution in [0.3, 0.4) is 0 Å². The predicted octanol–water partition coefficient (Wildman–Crippen LogP) is 2.67. The first-order valence-electron chi connectivity index (χ1n) is 7.67. The van der Waals surface area contributed by atoms with Crippen LogP contribution >= 0.6 is 11.6 Å². The minimum absolute atomic E-state index is 0.131. The van der Waals surface area contributed by atoms with Crippen LogP contribution < -0.4 is 5.32 Å². The van der Waals surface area contributed by atoms with Gasteiger partial charge in [-0.25, -0.2) is 4.98 Å². The summed E-state index contributed by atoms with van der Waals surface area (Å²) in [5.74, 6) is 0.788. The average molecular weight is 346 g/mol. The van der Waals surface area contributed by atoms with E-state index in [0.29, 0.717) is 29.4 Å². The third-order valence-electron chi connectivity index (χ3n) is 4.33. The fourth-order valence-corrected chi connectivity index (χ4v) is 3.29. The number of amides is 1. The van der Waals surface area contributed by atoms with Gasteiger partial charge in [0.25, 0.3) is 0 Å². The summed E-state index contributed by atoms with van der Waals surface area (Å²) in [6.45, 7) is 0.531. The van der Waals surface area contributed by atoms with Crippen LogP contribution in [0.25, 0.3) is 10.9 Å². The summed E-state index contributed by atoms with van der Waals surface area (Å²) in [6, 6.07) is 5.46. The lowest BCUT2D eigenvalue weighted by molar-refractivity contribution is -0.121. The lowest BCUT2D eigenvalue weighted by Crippen LogP contribution is -2.26. The average Bonchev–Trinajstić information content (AvgIpc) is 3.27. The van der Waals surface area contributed by atoms with Crippen molar-refractivity contribution in [3.63, 3.8) is 0 Å². The van der Waals surface area contributed by atoms with Gasteiger partial charge in [0.1, 0.15) is 11.9 Å². The molecule has 3 heterocycles. The van der Waals surface area contributed by atoms with E-state index in [1.54, 1.807) is 12.3 Å². The fourth-order valence-electron chi connectivity index (χ4n) is 3.08. The minimum Gasteiger partial charge on any atom is -0.369 e. The van der Waals surface area contributed by atoms with Crippen molar-refractivity contribution in [3.05, 3.63) is 41.4 Å². The summed E-state index contributed by atoms with van der Waals surface area (Å²) in [6.07, 6.45) is 3.84. The molecule has 124 valence electrons. The van der Waals surface area contributed by atoms with Gasteiger partial charge < -0.3 is 14.6 Å². The maximum Gasteiger partial charge on any atom is 0.231 e. The van der Waals surface area contributed by atoms with Crippen molar-refractivity contribution < 1.29 is 9.53 Å². The van der Waals surface area contributed by atoms with Gasteiger partial charge >= 0.3 is 0 Å². The number of aryl methyl sites for hydroxylation is 1. The summed E-state index contributed by atoms with van der Waals surface area (Å²) in [7, 11) is 1.89. The number of hydrogen-bond acceptors (Lipinski definition) is 4. The number of para-hydroxylation sites is 1. The number of carbonyl (C=O) groups excluding carboxylic acids is 1. The molecule has 1 saturated heterocycles. The second-order valence-electron chi connectivity index (χ2n) is 5.81. The smallest absolute Gasteiger partial charge is 0.231 e. The van der Waals surface area contributed by atoms with Crippen molar-refractivity contribution in [3.8, 4) is 0 Å². The Bertz CT molecular complexity index is 903. The van der Waals surface area contributed by atoms with Gasteiger partial charge in [0.2, 0.25) is 5.91 Å². The van der Waals surface area contributed by atoms with E-state index in [9.17, 15) is 4.79 Å². The molecule has 1 aliphatic heterocycles. The van der Waals surface area contributed by atoms with Crippen molar-refractivity contribution >= 4 is 34.2 Å². The highest BCUT2D eigenvalue weighted by Crippen LogP contribution is 2.35. The van der Waals surface area contributed by atoms with E-state index in [4.69, 9.17) is 16.3 Å². The highest BCUT2D eigenvalue weighted by atomic mass is 35.5. The molecule has 1 aromatic carbocycles. The molecule has 0 spiro atoms. The molecule has 2 aromatic heterocycles. The Kier molecular flexibility index (Phi) is 3.74. The number of nitrogens with zero attached hydrogens (tertiary/aromatic N) is 3. The molecule has 1 fully saturated rings. The van der Waals surface area contributed by atoms with Gasteiger partial charge in [0, 0.05) is 31.4 Å². The van der Waals surface area contributed by atoms with E-state index in [0.717, 1.165) is 11.2 Å². The monoisotopic (exact) mass is 345 g/mol. The number of nitrogens with one attached hydrogen (secondary N) is 2. The Morgan fingerprint density at radius 2 is 2.38 bits per heavy atom. The molecule has 3 aromatic rings. The quantitative estimate of drug-likeness (QED) is 0.764. The van der Waals surface area contributed by atoms with Crippen LogP contribution in [0, 0.1) is 5.92 Å². The van der Waals surface area contributed by atoms with Crippen molar-refractivity contribution in [2.75, 3.05) is 11.9 Å². The van der Waals surface area contributed by atoms with Crippen molar-refractivity contribution in [1.82, 2.24) is 19.7 Å². The number of benzene rings is 1. The van der Waals surface area contributed by atoms with Crippen LogP contribution in [0.2, 0.25) is 5.02 Å². The molecule has 4 rings (SSSR count). The second kappa shape index (κ2) is 5.92. The van der Waals surface area contributed by atoms with Crippen LogP contribution in [0.5, 0.6) is 0 Å². The number of rotatable bonds is 3. The number of anilines is 1. The molecule has 0 saturated carbocycles. The highest BCUT2D eigenvalue weighted by Gasteiger charge is 2.37. The third-order valence-corrected chi connectivity index (χ3v) is 4.65. The summed E-state index contributed by atoms with van der Waals surface area (Å²) in [5, 5.41) is 11.3. The maximum absolute atomic E-state index is 12.7. The molecular weight excluding hydrogens is 330 g/mol. The summed E-state index contributed by atoms with van der Waals surface area (Å²) in [4.78, 5) is 17.1. The fraction of sp³-hybridized carbons (Fsp3) is 0.312. The largest absolute Gasteiger partial charge is 0.369 e. The Hall–Kier alpha value is -2.38. The SMILES string of the molecule is Cn1ccnc1[C@@H]1OCC[C@H]1C(=O)Nc1n[nH]c2c(Cl)cccc12. The number of fused-ring (bicyclic) bond motifs is 1. The Balaban J connectivity index is 1.59. The predicted molar refractivity (Wildman–Crippen MR) is 89.7 cm³/mol. The normalized spacial score (nSPS) is 20.6. The van der Waals surface area contributed by atoms with E-state index in [2.05, 4.69) is 20.5 Å². The molecule has 8 heteroatoms. The highest BCUT2D eigenvalue weighted by molar-refractivity contribution is 6.35. The third kappa shape index (κ3) is 2.46. The first-order chi connectivity index (χ1) is 11.6. The van der Waals surface area contributed by atoms with Crippen molar-refractivity contribution in [1.29, 1.82) is 0 Å². The number of H-pyrrole nitrogens is 1. The van der Waals surface area contributed by atoms with Crippen LogP contribution in [-0.4, -0.2) is 32.3 Å². The van der Waals surface area contributed by atoms with Gasteiger partial charge in [-0.1, -0.05) is 17.7 Å². The lowest BCUT2D eigenvalue weighted by Gasteiger charge is -2.17. The number of halogens is 1. The molecule has 24 heavy (non-hydrogen) atoms. The van der Waals surface area contributed by atoms with Crippen LogP contribution in [0.4, 0.5) is 5.82 Å². The lowest BCUT2D eigenvalue weighted by atomic mass is 10.00. The number of aromatic nitrogens is 4. The van der Waals surface area contributed by atoms with E-state index in [-0.39, 0.29) is 17.9 Å². The second-order valence-corrected chi connectivity index (χ2v) is 6.21. The molecule has 2 atom stereocenters. The Morgan fingerprint density at radius 3 is 3.17 bits per heavy atom. The number of aromatic amines is 1. The zero-order chi connectivity index (χ0) is 16.7. The summed E-state index contributed by atoms with van der Waals surface area (Å²) < 4.78 is 7.62. The molecule has 2 N–H and O–H groups in total. The Morgan fingerprint density at radius 1 is 1.50 bits per heavy atom. The first kappa shape index (κ1) is 15.2. The van der Waals surface area contributed by atoms with Crippen LogP contribution in [-0.2, 0) is 16.6 Å². The topological polar surface area (TPSA) is 84.8 Å². The van der Waals surface area contributed by atoms with Gasteiger partial charge in [0.15, 0.2) is 5.82 Å². The van der Waals surface area contributed by atoms with E-state index in [1.807, 2.05) is 29.9 Å². The minimum atomic E-state index is -0.348. The molecule has 0 unspecified atom stereocenters. The van der Waals surface area contributed by atoms with Crippen molar-refractivity contribution in [2.24, 2.45) is 13.0 Å². The molecule has 0 aliphatic carbocycles. The van der Waals surface area contributed by atoms with Crippen LogP contribution in [0.1, 0.15) is 18.3 Å². The zero-order valence-electron chi connectivity index (χ0n) is 13.0. The van der Waals surface area contributed by atoms with Crippen molar-refractivity contribution in [2.45, 2.75) is 12.5 Å². The number of carbonyl (C=O) groups is 1. The molecule has 7 nitrogen and oxygen atoms in total. The summed E-state index contributed by atoms with van der Waals surface area (Å²) >= 11 is 6.13. The van der Waals surface area contributed by atoms with Gasteiger partial charge in [0.05, 0.1) is 16.5 Å². The molecule has 0 bridgehead atoms. The zero-order valence-corrected chi connectivity index (χ0v) is 13.7. The molecule has 1 amide bonds. The van der Waals surface area contributed by atoms with E-state index >= 15 is 0 Å². The number of imidazole rings is 1. The van der Waals surface area contributed by atoms with Gasteiger partial charge in [-0.3, -0.25) is 9.89 Å². The maximum atomic E-state index is 12.7. The standard InChI is InChI=1S/C16H16ClN5O2/c1-22-7-6-18-15(22)13-10(5-8-24-13)16(23)19-14-9-3-2-4-11(17)12(9)20-21-14/h2-4,6-7,10,13H,5,8H2,1H3,(H2,19,20,21,23)/t10-,13-/m1/s1. The van der Waals surface area contributed by atoms with E-state index < -0.39 is 0 Å². The molecule has 0 radical (unpaired) electrons. The van der Waals surface area contributed by atoms with Gasteiger partial charge in [-0.2, -0.15) is 5.10 Å². The molecular formula is C16H16ClN5O2. The van der Waals surface area contributed by atoms with Gasteiger partial charge in [-0.15, -0.1) is 0 Å². The van der Waals surface area contributed by atoms with Crippen LogP contribution in [0.15, 0.2) is 30.6 Å². The first-order valence-corrected chi connectivity index (χ1v) is 8.05.